The summed E-state index contributed by atoms with van der Waals surface area (Å²) in [5, 5.41) is 2.86. The molecule has 0 fully saturated rings. The van der Waals surface area contributed by atoms with Crippen LogP contribution >= 0.6 is 12.4 Å². The molecule has 0 saturated heterocycles. The fourth-order valence-electron chi connectivity index (χ4n) is 1.93. The molecule has 108 valence electrons. The summed E-state index contributed by atoms with van der Waals surface area (Å²) in [6.45, 7) is 6.37. The van der Waals surface area contributed by atoms with Crippen LogP contribution in [-0.2, 0) is 0 Å². The summed E-state index contributed by atoms with van der Waals surface area (Å²) in [5.41, 5.74) is 5.43. The first-order chi connectivity index (χ1) is 8.36. The third-order valence-corrected chi connectivity index (χ3v) is 2.68. The molecule has 0 aliphatic heterocycles. The van der Waals surface area contributed by atoms with Gasteiger partial charge in [-0.1, -0.05) is 13.8 Å². The Labute approximate surface area is 119 Å². The van der Waals surface area contributed by atoms with E-state index in [0.29, 0.717) is 12.5 Å². The number of amides is 1. The van der Waals surface area contributed by atoms with Gasteiger partial charge in [-0.2, -0.15) is 0 Å². The zero-order chi connectivity index (χ0) is 13.8. The largest absolute Gasteiger partial charge is 0.344 e. The maximum Gasteiger partial charge on any atom is 0.270 e. The average Bonchev–Trinajstić information content (AvgIpc) is 2.28. The number of pyridine rings is 1. The maximum absolute atomic E-state index is 12.7. The molecule has 0 aliphatic carbocycles. The maximum atomic E-state index is 12.7. The molecule has 0 radical (unpaired) electrons. The van der Waals surface area contributed by atoms with Crippen molar-refractivity contribution in [2.45, 2.75) is 32.7 Å². The van der Waals surface area contributed by atoms with Crippen LogP contribution in [0.2, 0.25) is 0 Å². The lowest BCUT2D eigenvalue weighted by atomic mass is 9.90. The van der Waals surface area contributed by atoms with E-state index in [4.69, 9.17) is 5.73 Å². The van der Waals surface area contributed by atoms with Gasteiger partial charge in [-0.05, 0) is 31.4 Å². The SMILES string of the molecule is CC(C)CC(C)(CN)NC(=O)c1ccc(F)cn1.Cl. The third kappa shape index (κ3) is 5.53. The molecule has 0 spiro atoms. The number of nitrogens with one attached hydrogen (secondary N) is 1. The van der Waals surface area contributed by atoms with Crippen molar-refractivity contribution in [3.8, 4) is 0 Å². The fourth-order valence-corrected chi connectivity index (χ4v) is 1.93. The van der Waals surface area contributed by atoms with Crippen molar-refractivity contribution in [3.05, 3.63) is 29.8 Å². The molecule has 1 amide bonds. The minimum absolute atomic E-state index is 0. The van der Waals surface area contributed by atoms with Crippen LogP contribution in [-0.4, -0.2) is 23.0 Å². The van der Waals surface area contributed by atoms with Gasteiger partial charge < -0.3 is 11.1 Å². The van der Waals surface area contributed by atoms with Gasteiger partial charge in [-0.25, -0.2) is 9.37 Å². The highest BCUT2D eigenvalue weighted by Crippen LogP contribution is 2.15. The molecule has 1 rings (SSSR count). The number of rotatable bonds is 5. The number of nitrogens with two attached hydrogens (primary N) is 1. The number of nitrogens with zero attached hydrogens (tertiary/aromatic N) is 1. The second-order valence-electron chi connectivity index (χ2n) is 5.18. The Morgan fingerprint density at radius 1 is 1.53 bits per heavy atom. The fraction of sp³-hybridized carbons (Fsp3) is 0.538. The van der Waals surface area contributed by atoms with Gasteiger partial charge in [0.15, 0.2) is 0 Å². The first kappa shape index (κ1) is 17.8. The van der Waals surface area contributed by atoms with Gasteiger partial charge in [0.05, 0.1) is 11.7 Å². The van der Waals surface area contributed by atoms with Crippen molar-refractivity contribution in [1.82, 2.24) is 10.3 Å². The highest BCUT2D eigenvalue weighted by molar-refractivity contribution is 5.92. The molecule has 4 nitrogen and oxygen atoms in total. The van der Waals surface area contributed by atoms with Crippen molar-refractivity contribution in [1.29, 1.82) is 0 Å². The molecule has 1 atom stereocenters. The Bertz CT molecular complexity index is 411. The summed E-state index contributed by atoms with van der Waals surface area (Å²) < 4.78 is 12.7. The molecule has 1 heterocycles. The van der Waals surface area contributed by atoms with Crippen molar-refractivity contribution < 1.29 is 9.18 Å². The number of carbonyl (C=O) groups excluding carboxylic acids is 1. The number of halogens is 2. The van der Waals surface area contributed by atoms with E-state index in [1.807, 2.05) is 6.92 Å². The smallest absolute Gasteiger partial charge is 0.270 e. The molecular formula is C13H21ClFN3O. The summed E-state index contributed by atoms with van der Waals surface area (Å²) >= 11 is 0. The van der Waals surface area contributed by atoms with Crippen LogP contribution in [0.25, 0.3) is 0 Å². The molecule has 6 heteroatoms. The van der Waals surface area contributed by atoms with Gasteiger partial charge >= 0.3 is 0 Å². The van der Waals surface area contributed by atoms with Gasteiger partial charge in [0.1, 0.15) is 11.5 Å². The summed E-state index contributed by atoms with van der Waals surface area (Å²) in [4.78, 5) is 15.7. The summed E-state index contributed by atoms with van der Waals surface area (Å²) in [6, 6.07) is 2.57. The van der Waals surface area contributed by atoms with Crippen LogP contribution in [0.3, 0.4) is 0 Å². The number of hydrogen-bond donors (Lipinski definition) is 2. The monoisotopic (exact) mass is 289 g/mol. The van der Waals surface area contributed by atoms with Crippen LogP contribution in [0.1, 0.15) is 37.7 Å². The minimum Gasteiger partial charge on any atom is -0.344 e. The van der Waals surface area contributed by atoms with E-state index in [9.17, 15) is 9.18 Å². The summed E-state index contributed by atoms with van der Waals surface area (Å²) in [7, 11) is 0. The van der Waals surface area contributed by atoms with Crippen molar-refractivity contribution in [3.63, 3.8) is 0 Å². The zero-order valence-electron chi connectivity index (χ0n) is 11.4. The van der Waals surface area contributed by atoms with Gasteiger partial charge in [-0.3, -0.25) is 4.79 Å². The Kier molecular flexibility index (Phi) is 6.94. The average molecular weight is 290 g/mol. The molecular weight excluding hydrogens is 269 g/mol. The Balaban J connectivity index is 0.00000324. The highest BCUT2D eigenvalue weighted by Gasteiger charge is 2.26. The number of carbonyl (C=O) groups is 1. The summed E-state index contributed by atoms with van der Waals surface area (Å²) in [6.07, 6.45) is 1.80. The van der Waals surface area contributed by atoms with Crippen LogP contribution in [0.5, 0.6) is 0 Å². The van der Waals surface area contributed by atoms with E-state index in [0.717, 1.165) is 12.6 Å². The molecule has 0 aromatic carbocycles. The predicted molar refractivity (Wildman–Crippen MR) is 75.8 cm³/mol. The minimum atomic E-state index is -0.471. The van der Waals surface area contributed by atoms with Crippen molar-refractivity contribution in [2.75, 3.05) is 6.54 Å². The van der Waals surface area contributed by atoms with Gasteiger partial charge in [-0.15, -0.1) is 12.4 Å². The second-order valence-corrected chi connectivity index (χ2v) is 5.18. The van der Waals surface area contributed by atoms with Crippen LogP contribution in [0, 0.1) is 11.7 Å². The van der Waals surface area contributed by atoms with Gasteiger partial charge in [0.25, 0.3) is 5.91 Å². The molecule has 0 bridgehead atoms. The molecule has 19 heavy (non-hydrogen) atoms. The first-order valence-electron chi connectivity index (χ1n) is 6.00. The molecule has 1 aromatic rings. The van der Waals surface area contributed by atoms with Crippen LogP contribution < -0.4 is 11.1 Å². The number of aromatic nitrogens is 1. The van der Waals surface area contributed by atoms with E-state index in [1.54, 1.807) is 0 Å². The van der Waals surface area contributed by atoms with E-state index >= 15 is 0 Å². The Hall–Kier alpha value is -1.20. The molecule has 1 aromatic heterocycles. The van der Waals surface area contributed by atoms with E-state index in [2.05, 4.69) is 24.1 Å². The lowest BCUT2D eigenvalue weighted by molar-refractivity contribution is 0.0893. The highest BCUT2D eigenvalue weighted by atomic mass is 35.5. The molecule has 1 unspecified atom stereocenters. The Morgan fingerprint density at radius 2 is 2.16 bits per heavy atom. The lowest BCUT2D eigenvalue weighted by Gasteiger charge is -2.31. The third-order valence-electron chi connectivity index (χ3n) is 2.68. The molecule has 0 aliphatic rings. The van der Waals surface area contributed by atoms with Crippen molar-refractivity contribution in [2.24, 2.45) is 11.7 Å². The van der Waals surface area contributed by atoms with Gasteiger partial charge in [0.2, 0.25) is 0 Å². The molecule has 3 N–H and O–H groups in total. The normalized spacial score (nSPS) is 13.6. The van der Waals surface area contributed by atoms with E-state index in [-0.39, 0.29) is 24.0 Å². The summed E-state index contributed by atoms with van der Waals surface area (Å²) in [5.74, 6) is -0.376. The van der Waals surface area contributed by atoms with Gasteiger partial charge in [0, 0.05) is 6.54 Å². The second kappa shape index (κ2) is 7.40. The van der Waals surface area contributed by atoms with Crippen LogP contribution in [0.15, 0.2) is 18.3 Å². The first-order valence-corrected chi connectivity index (χ1v) is 6.00. The Morgan fingerprint density at radius 3 is 2.58 bits per heavy atom. The standard InChI is InChI=1S/C13H20FN3O.ClH/c1-9(2)6-13(3,8-15)17-12(18)11-5-4-10(14)7-16-11;/h4-5,7,9H,6,8,15H2,1-3H3,(H,17,18);1H. The zero-order valence-corrected chi connectivity index (χ0v) is 12.3. The predicted octanol–water partition coefficient (Wildman–Crippen LogP) is 2.14. The van der Waals surface area contributed by atoms with Crippen molar-refractivity contribution >= 4 is 18.3 Å². The quantitative estimate of drug-likeness (QED) is 0.872. The van der Waals surface area contributed by atoms with E-state index in [1.165, 1.54) is 12.1 Å². The van der Waals surface area contributed by atoms with E-state index < -0.39 is 11.4 Å². The molecule has 0 saturated carbocycles. The van der Waals surface area contributed by atoms with Crippen LogP contribution in [0.4, 0.5) is 4.39 Å². The number of hydrogen-bond acceptors (Lipinski definition) is 3. The lowest BCUT2D eigenvalue weighted by Crippen LogP contribution is -2.52. The topological polar surface area (TPSA) is 68.0 Å².